The Morgan fingerprint density at radius 3 is 2.53 bits per heavy atom. The van der Waals surface area contributed by atoms with Crippen LogP contribution in [0.2, 0.25) is 0 Å². The van der Waals surface area contributed by atoms with E-state index in [0.29, 0.717) is 0 Å². The van der Waals surface area contributed by atoms with Gasteiger partial charge in [-0.1, -0.05) is 17.7 Å². The summed E-state index contributed by atoms with van der Waals surface area (Å²) in [6.07, 6.45) is 1.86. The van der Waals surface area contributed by atoms with Gasteiger partial charge in [0.15, 0.2) is 0 Å². The lowest BCUT2D eigenvalue weighted by Crippen LogP contribution is -2.00. The summed E-state index contributed by atoms with van der Waals surface area (Å²) in [7, 11) is 0. The van der Waals surface area contributed by atoms with Crippen molar-refractivity contribution in [1.29, 1.82) is 0 Å². The molecule has 0 saturated heterocycles. The molecule has 0 atom stereocenters. The molecule has 2 rings (SSSR count). The first-order valence-electron chi connectivity index (χ1n) is 6.39. The summed E-state index contributed by atoms with van der Waals surface area (Å²) in [5.41, 5.74) is 12.8. The van der Waals surface area contributed by atoms with Crippen molar-refractivity contribution in [2.45, 2.75) is 38.3 Å². The highest BCUT2D eigenvalue weighted by Crippen LogP contribution is 2.28. The van der Waals surface area contributed by atoms with Crippen LogP contribution in [0, 0.1) is 27.7 Å². The molecule has 0 fully saturated rings. The van der Waals surface area contributed by atoms with Crippen molar-refractivity contribution < 1.29 is 0 Å². The number of hydrogen-bond acceptors (Lipinski definition) is 3. The summed E-state index contributed by atoms with van der Waals surface area (Å²) < 4.78 is 0. The second-order valence-corrected chi connectivity index (χ2v) is 6.00. The number of thioether (sulfide) groups is 1. The summed E-state index contributed by atoms with van der Waals surface area (Å²) in [6.45, 7) is 8.32. The predicted molar refractivity (Wildman–Crippen MR) is 83.6 cm³/mol. The molecule has 3 heteroatoms. The highest BCUT2D eigenvalue weighted by Gasteiger charge is 2.07. The van der Waals surface area contributed by atoms with E-state index < -0.39 is 0 Å². The molecule has 0 aliphatic rings. The molecular weight excluding hydrogens is 252 g/mol. The van der Waals surface area contributed by atoms with E-state index in [1.165, 1.54) is 16.0 Å². The highest BCUT2D eigenvalue weighted by atomic mass is 32.2. The van der Waals surface area contributed by atoms with E-state index in [0.717, 1.165) is 28.3 Å². The van der Waals surface area contributed by atoms with Crippen molar-refractivity contribution in [2.24, 2.45) is 0 Å². The summed E-state index contributed by atoms with van der Waals surface area (Å²) in [5.74, 6) is 0.861. The number of rotatable bonds is 3. The normalized spacial score (nSPS) is 10.7. The van der Waals surface area contributed by atoms with Gasteiger partial charge in [-0.3, -0.25) is 4.98 Å². The van der Waals surface area contributed by atoms with Gasteiger partial charge >= 0.3 is 0 Å². The molecule has 0 aliphatic heterocycles. The van der Waals surface area contributed by atoms with Crippen LogP contribution in [0.15, 0.2) is 29.3 Å². The third-order valence-electron chi connectivity index (χ3n) is 3.37. The van der Waals surface area contributed by atoms with Crippen LogP contribution in [-0.4, -0.2) is 4.98 Å². The monoisotopic (exact) mass is 272 g/mol. The van der Waals surface area contributed by atoms with Crippen LogP contribution in [0.5, 0.6) is 0 Å². The number of aromatic nitrogens is 1. The van der Waals surface area contributed by atoms with Crippen LogP contribution < -0.4 is 5.73 Å². The van der Waals surface area contributed by atoms with Gasteiger partial charge in [0.2, 0.25) is 0 Å². The smallest absolute Gasteiger partial charge is 0.0556 e. The number of benzene rings is 1. The van der Waals surface area contributed by atoms with Gasteiger partial charge in [-0.05, 0) is 50.5 Å². The average molecular weight is 272 g/mol. The summed E-state index contributed by atoms with van der Waals surface area (Å²) in [6, 6.07) is 6.55. The third kappa shape index (κ3) is 3.10. The van der Waals surface area contributed by atoms with Gasteiger partial charge in [0, 0.05) is 22.5 Å². The molecule has 0 aliphatic carbocycles. The highest BCUT2D eigenvalue weighted by molar-refractivity contribution is 7.98. The quantitative estimate of drug-likeness (QED) is 0.851. The zero-order chi connectivity index (χ0) is 14.0. The lowest BCUT2D eigenvalue weighted by Gasteiger charge is -2.11. The SMILES string of the molecule is Cc1ccc(SCc2ncc(C)c(N)c2C)c(C)c1. The molecule has 1 aromatic heterocycles. The number of nitrogens with two attached hydrogens (primary N) is 1. The fourth-order valence-corrected chi connectivity index (χ4v) is 3.08. The maximum Gasteiger partial charge on any atom is 0.0556 e. The Hall–Kier alpha value is -1.48. The van der Waals surface area contributed by atoms with Crippen molar-refractivity contribution in [2.75, 3.05) is 5.73 Å². The van der Waals surface area contributed by atoms with Gasteiger partial charge in [0.1, 0.15) is 0 Å². The Morgan fingerprint density at radius 2 is 1.84 bits per heavy atom. The molecule has 0 saturated carbocycles. The van der Waals surface area contributed by atoms with Crippen LogP contribution >= 0.6 is 11.8 Å². The zero-order valence-electron chi connectivity index (χ0n) is 11.9. The Balaban J connectivity index is 2.17. The Kier molecular flexibility index (Phi) is 4.15. The molecule has 2 N–H and O–H groups in total. The van der Waals surface area contributed by atoms with Crippen molar-refractivity contribution in [3.8, 4) is 0 Å². The lowest BCUT2D eigenvalue weighted by atomic mass is 10.1. The van der Waals surface area contributed by atoms with Crippen molar-refractivity contribution in [1.82, 2.24) is 4.98 Å². The second kappa shape index (κ2) is 5.66. The average Bonchev–Trinajstić information content (AvgIpc) is 2.37. The first-order chi connectivity index (χ1) is 8.99. The van der Waals surface area contributed by atoms with Gasteiger partial charge in [-0.2, -0.15) is 0 Å². The minimum Gasteiger partial charge on any atom is -0.398 e. The second-order valence-electron chi connectivity index (χ2n) is 4.98. The largest absolute Gasteiger partial charge is 0.398 e. The number of nitrogens with zero attached hydrogens (tertiary/aromatic N) is 1. The Bertz CT molecular complexity index is 606. The standard InChI is InChI=1S/C16H20N2S/c1-10-5-6-15(11(2)7-10)19-9-14-13(4)16(17)12(3)8-18-14/h5-8H,9H2,1-4H3,(H2,17,18). The molecule has 0 unspecified atom stereocenters. The zero-order valence-corrected chi connectivity index (χ0v) is 12.8. The first-order valence-corrected chi connectivity index (χ1v) is 7.38. The molecule has 0 bridgehead atoms. The van der Waals surface area contributed by atoms with Gasteiger partial charge in [-0.25, -0.2) is 0 Å². The van der Waals surface area contributed by atoms with E-state index in [4.69, 9.17) is 5.73 Å². The molecule has 1 aromatic carbocycles. The third-order valence-corrected chi connectivity index (χ3v) is 4.56. The predicted octanol–water partition coefficient (Wildman–Crippen LogP) is 4.19. The Morgan fingerprint density at radius 1 is 1.11 bits per heavy atom. The van der Waals surface area contributed by atoms with E-state index in [9.17, 15) is 0 Å². The van der Waals surface area contributed by atoms with Gasteiger partial charge in [0.25, 0.3) is 0 Å². The molecule has 0 spiro atoms. The van der Waals surface area contributed by atoms with E-state index in [1.807, 2.05) is 31.8 Å². The molecular formula is C16H20N2S. The lowest BCUT2D eigenvalue weighted by molar-refractivity contribution is 1.11. The molecule has 100 valence electrons. The summed E-state index contributed by atoms with van der Waals surface area (Å²) in [5, 5.41) is 0. The number of nitrogen functional groups attached to an aromatic ring is 1. The fourth-order valence-electron chi connectivity index (χ4n) is 2.05. The fraction of sp³-hybridized carbons (Fsp3) is 0.312. The van der Waals surface area contributed by atoms with E-state index in [1.54, 1.807) is 0 Å². The number of pyridine rings is 1. The van der Waals surface area contributed by atoms with Crippen LogP contribution in [0.3, 0.4) is 0 Å². The summed E-state index contributed by atoms with van der Waals surface area (Å²) >= 11 is 1.82. The van der Waals surface area contributed by atoms with Crippen LogP contribution in [-0.2, 0) is 5.75 Å². The topological polar surface area (TPSA) is 38.9 Å². The molecule has 1 heterocycles. The molecule has 0 amide bonds. The Labute approximate surface area is 119 Å². The summed E-state index contributed by atoms with van der Waals surface area (Å²) in [4.78, 5) is 5.81. The van der Waals surface area contributed by atoms with Crippen molar-refractivity contribution in [3.63, 3.8) is 0 Å². The molecule has 2 nitrogen and oxygen atoms in total. The molecule has 19 heavy (non-hydrogen) atoms. The van der Waals surface area contributed by atoms with E-state index in [2.05, 4.69) is 37.0 Å². The number of hydrogen-bond donors (Lipinski definition) is 1. The minimum atomic E-state index is 0.861. The van der Waals surface area contributed by atoms with E-state index in [-0.39, 0.29) is 0 Å². The molecule has 2 aromatic rings. The maximum atomic E-state index is 6.05. The minimum absolute atomic E-state index is 0.861. The number of anilines is 1. The van der Waals surface area contributed by atoms with Gasteiger partial charge in [0.05, 0.1) is 5.69 Å². The van der Waals surface area contributed by atoms with Crippen molar-refractivity contribution in [3.05, 3.63) is 52.3 Å². The number of aryl methyl sites for hydroxylation is 3. The maximum absolute atomic E-state index is 6.05. The van der Waals surface area contributed by atoms with Gasteiger partial charge < -0.3 is 5.73 Å². The van der Waals surface area contributed by atoms with Crippen LogP contribution in [0.4, 0.5) is 5.69 Å². The van der Waals surface area contributed by atoms with Crippen molar-refractivity contribution >= 4 is 17.4 Å². The molecule has 0 radical (unpaired) electrons. The van der Waals surface area contributed by atoms with Crippen LogP contribution in [0.1, 0.15) is 27.9 Å². The van der Waals surface area contributed by atoms with E-state index >= 15 is 0 Å². The first kappa shape index (κ1) is 13.9. The van der Waals surface area contributed by atoms with Crippen LogP contribution in [0.25, 0.3) is 0 Å². The van der Waals surface area contributed by atoms with Gasteiger partial charge in [-0.15, -0.1) is 11.8 Å².